The van der Waals surface area contributed by atoms with E-state index in [1.165, 1.54) is 78.3 Å². The molecular formula is C32H21N3. The molecule has 0 atom stereocenters. The Kier molecular flexibility index (Phi) is 3.24. The molecule has 2 aromatic heterocycles. The van der Waals surface area contributed by atoms with E-state index in [0.29, 0.717) is 0 Å². The standard InChI is InChI=1S/C32H21N3/c1-2-6-21-18(4-1)15-25-22(21)7-8-23-24-9-10-30-28(27(24)16-26(23)25)17-29-31-19(11-13-33-29)14-20-5-3-12-34-32(20)35(30)31/h1-13H,14-17H2. The Morgan fingerprint density at radius 2 is 1.29 bits per heavy atom. The predicted molar refractivity (Wildman–Crippen MR) is 139 cm³/mol. The first-order chi connectivity index (χ1) is 17.3. The Morgan fingerprint density at radius 3 is 2.23 bits per heavy atom. The summed E-state index contributed by atoms with van der Waals surface area (Å²) in [5.74, 6) is 1.06. The van der Waals surface area contributed by atoms with Gasteiger partial charge in [-0.15, -0.1) is 0 Å². The summed E-state index contributed by atoms with van der Waals surface area (Å²) in [7, 11) is 0. The van der Waals surface area contributed by atoms with E-state index in [0.717, 1.165) is 31.5 Å². The van der Waals surface area contributed by atoms with Gasteiger partial charge in [0.2, 0.25) is 0 Å². The van der Waals surface area contributed by atoms with Crippen LogP contribution >= 0.6 is 0 Å². The molecule has 0 N–H and O–H groups in total. The van der Waals surface area contributed by atoms with Crippen LogP contribution in [0.3, 0.4) is 0 Å². The van der Waals surface area contributed by atoms with Crippen LogP contribution in [0.25, 0.3) is 22.3 Å². The molecular weight excluding hydrogens is 426 g/mol. The van der Waals surface area contributed by atoms with Crippen molar-refractivity contribution in [2.75, 3.05) is 4.90 Å². The molecule has 3 aromatic carbocycles. The minimum Gasteiger partial charge on any atom is -0.292 e. The van der Waals surface area contributed by atoms with Gasteiger partial charge in [0.1, 0.15) is 5.82 Å². The quantitative estimate of drug-likeness (QED) is 0.253. The highest BCUT2D eigenvalue weighted by molar-refractivity contribution is 5.93. The van der Waals surface area contributed by atoms with Crippen LogP contribution in [-0.2, 0) is 25.7 Å². The monoisotopic (exact) mass is 447 g/mol. The number of rotatable bonds is 0. The summed E-state index contributed by atoms with van der Waals surface area (Å²) in [4.78, 5) is 12.1. The molecule has 0 spiro atoms. The van der Waals surface area contributed by atoms with Crippen molar-refractivity contribution >= 4 is 17.2 Å². The summed E-state index contributed by atoms with van der Waals surface area (Å²) in [6, 6.07) is 24.7. The topological polar surface area (TPSA) is 29.0 Å². The van der Waals surface area contributed by atoms with E-state index >= 15 is 0 Å². The molecule has 4 heterocycles. The third kappa shape index (κ3) is 2.21. The first-order valence-electron chi connectivity index (χ1n) is 12.4. The fourth-order valence-electron chi connectivity index (χ4n) is 7.02. The number of benzene rings is 3. The molecule has 3 nitrogen and oxygen atoms in total. The maximum atomic E-state index is 4.87. The number of fused-ring (bicyclic) bond motifs is 12. The van der Waals surface area contributed by atoms with Crippen molar-refractivity contribution in [3.63, 3.8) is 0 Å². The van der Waals surface area contributed by atoms with Gasteiger partial charge in [-0.3, -0.25) is 9.88 Å². The minimum absolute atomic E-state index is 0.886. The first kappa shape index (κ1) is 18.1. The predicted octanol–water partition coefficient (Wildman–Crippen LogP) is 6.90. The van der Waals surface area contributed by atoms with Gasteiger partial charge in [-0.25, -0.2) is 4.98 Å². The van der Waals surface area contributed by atoms with Crippen molar-refractivity contribution in [2.24, 2.45) is 0 Å². The van der Waals surface area contributed by atoms with Crippen LogP contribution in [-0.4, -0.2) is 9.97 Å². The molecule has 2 aliphatic heterocycles. The molecule has 35 heavy (non-hydrogen) atoms. The molecule has 0 unspecified atom stereocenters. The summed E-state index contributed by atoms with van der Waals surface area (Å²) >= 11 is 0. The van der Waals surface area contributed by atoms with Gasteiger partial charge in [-0.2, -0.15) is 0 Å². The fraction of sp³-hybridized carbons (Fsp3) is 0.125. The van der Waals surface area contributed by atoms with Crippen LogP contribution in [0.15, 0.2) is 79.1 Å². The van der Waals surface area contributed by atoms with E-state index in [1.54, 1.807) is 0 Å². The van der Waals surface area contributed by atoms with Crippen LogP contribution in [0.4, 0.5) is 17.2 Å². The lowest BCUT2D eigenvalue weighted by Crippen LogP contribution is -2.26. The summed E-state index contributed by atoms with van der Waals surface area (Å²) in [6.45, 7) is 0. The van der Waals surface area contributed by atoms with Gasteiger partial charge >= 0.3 is 0 Å². The van der Waals surface area contributed by atoms with E-state index < -0.39 is 0 Å². The molecule has 2 aliphatic carbocycles. The van der Waals surface area contributed by atoms with Crippen LogP contribution in [0.1, 0.15) is 44.6 Å². The average molecular weight is 448 g/mol. The van der Waals surface area contributed by atoms with Crippen molar-refractivity contribution in [1.29, 1.82) is 0 Å². The molecule has 164 valence electrons. The van der Waals surface area contributed by atoms with Gasteiger partial charge in [0.25, 0.3) is 0 Å². The molecule has 0 amide bonds. The van der Waals surface area contributed by atoms with Gasteiger partial charge < -0.3 is 0 Å². The number of pyridine rings is 2. The number of nitrogens with zero attached hydrogens (tertiary/aromatic N) is 3. The van der Waals surface area contributed by atoms with Gasteiger partial charge in [0.05, 0.1) is 17.1 Å². The van der Waals surface area contributed by atoms with Crippen LogP contribution in [0, 0.1) is 0 Å². The lowest BCUT2D eigenvalue weighted by Gasteiger charge is -2.38. The Labute approximate surface area is 203 Å². The molecule has 0 saturated carbocycles. The van der Waals surface area contributed by atoms with Gasteiger partial charge in [-0.1, -0.05) is 48.5 Å². The van der Waals surface area contributed by atoms with Crippen molar-refractivity contribution < 1.29 is 0 Å². The van der Waals surface area contributed by atoms with Crippen molar-refractivity contribution in [1.82, 2.24) is 9.97 Å². The average Bonchev–Trinajstić information content (AvgIpc) is 3.47. The van der Waals surface area contributed by atoms with E-state index in [2.05, 4.69) is 71.6 Å². The highest BCUT2D eigenvalue weighted by atomic mass is 15.2. The second-order valence-corrected chi connectivity index (χ2v) is 10.2. The van der Waals surface area contributed by atoms with Crippen molar-refractivity contribution in [3.8, 4) is 22.3 Å². The van der Waals surface area contributed by atoms with Gasteiger partial charge in [0, 0.05) is 25.2 Å². The van der Waals surface area contributed by atoms with Gasteiger partial charge in [-0.05, 0) is 92.2 Å². The summed E-state index contributed by atoms with van der Waals surface area (Å²) in [5.41, 5.74) is 19.4. The Morgan fingerprint density at radius 1 is 0.514 bits per heavy atom. The second kappa shape index (κ2) is 6.25. The molecule has 0 fully saturated rings. The summed E-state index contributed by atoms with van der Waals surface area (Å²) in [6.07, 6.45) is 7.75. The first-order valence-corrected chi connectivity index (χ1v) is 12.4. The highest BCUT2D eigenvalue weighted by Gasteiger charge is 2.36. The molecule has 0 radical (unpaired) electrons. The van der Waals surface area contributed by atoms with E-state index in [9.17, 15) is 0 Å². The smallest absolute Gasteiger partial charge is 0.141 e. The molecule has 0 bridgehead atoms. The minimum atomic E-state index is 0.886. The lowest BCUT2D eigenvalue weighted by atomic mass is 9.87. The van der Waals surface area contributed by atoms with Crippen LogP contribution in [0.2, 0.25) is 0 Å². The van der Waals surface area contributed by atoms with E-state index in [4.69, 9.17) is 9.97 Å². The van der Waals surface area contributed by atoms with Gasteiger partial charge in [0.15, 0.2) is 0 Å². The SMILES string of the molecule is c1ccc2c(c1)Cc1c-2ccc2c1Cc1c-2ccc2c1Cc1nccc3c1N2c1ncccc1C3. The number of hydrogen-bond donors (Lipinski definition) is 0. The molecule has 4 aliphatic rings. The molecule has 0 saturated heterocycles. The zero-order chi connectivity index (χ0) is 22.7. The lowest BCUT2D eigenvalue weighted by molar-refractivity contribution is 0.932. The number of hydrogen-bond acceptors (Lipinski definition) is 3. The molecule has 5 aromatic rings. The third-order valence-corrected chi connectivity index (χ3v) is 8.51. The highest BCUT2D eigenvalue weighted by Crippen LogP contribution is 2.53. The fourth-order valence-corrected chi connectivity index (χ4v) is 7.02. The number of aromatic nitrogens is 2. The Balaban J connectivity index is 1.25. The number of anilines is 3. The maximum absolute atomic E-state index is 4.87. The normalized spacial score (nSPS) is 14.9. The van der Waals surface area contributed by atoms with Crippen LogP contribution < -0.4 is 4.90 Å². The third-order valence-electron chi connectivity index (χ3n) is 8.51. The Bertz CT molecular complexity index is 1760. The molecule has 9 rings (SSSR count). The summed E-state index contributed by atoms with van der Waals surface area (Å²) in [5, 5.41) is 0. The maximum Gasteiger partial charge on any atom is 0.141 e. The van der Waals surface area contributed by atoms with Crippen LogP contribution in [0.5, 0.6) is 0 Å². The summed E-state index contributed by atoms with van der Waals surface area (Å²) < 4.78 is 0. The Hall–Kier alpha value is -4.24. The largest absolute Gasteiger partial charge is 0.292 e. The second-order valence-electron chi connectivity index (χ2n) is 10.2. The van der Waals surface area contributed by atoms with E-state index in [1.807, 2.05) is 12.4 Å². The van der Waals surface area contributed by atoms with Crippen molar-refractivity contribution in [3.05, 3.63) is 124 Å². The van der Waals surface area contributed by atoms with Crippen molar-refractivity contribution in [2.45, 2.75) is 25.7 Å². The molecule has 3 heteroatoms. The zero-order valence-electron chi connectivity index (χ0n) is 19.2. The zero-order valence-corrected chi connectivity index (χ0v) is 19.2. The van der Waals surface area contributed by atoms with E-state index in [-0.39, 0.29) is 0 Å².